The Morgan fingerprint density at radius 2 is 1.53 bits per heavy atom. The summed E-state index contributed by atoms with van der Waals surface area (Å²) in [5.41, 5.74) is -4.96. The number of hydrogen-bond acceptors (Lipinski definition) is 5. The van der Waals surface area contributed by atoms with Crippen molar-refractivity contribution in [3.05, 3.63) is 65.9 Å². The third kappa shape index (κ3) is 4.21. The summed E-state index contributed by atoms with van der Waals surface area (Å²) in [5, 5.41) is 2.40. The van der Waals surface area contributed by atoms with Crippen LogP contribution in [0, 0.1) is 0 Å². The van der Waals surface area contributed by atoms with Crippen molar-refractivity contribution in [2.45, 2.75) is 37.4 Å². The van der Waals surface area contributed by atoms with Gasteiger partial charge in [0.15, 0.2) is 5.78 Å². The molecule has 12 heteroatoms. The van der Waals surface area contributed by atoms with Crippen LogP contribution in [0.5, 0.6) is 0 Å². The topological polar surface area (TPSA) is 113 Å². The Kier molecular flexibility index (Phi) is 6.42. The molecule has 0 spiro atoms. The quantitative estimate of drug-likeness (QED) is 0.640. The van der Waals surface area contributed by atoms with Crippen molar-refractivity contribution in [1.82, 2.24) is 4.72 Å². The number of benzene rings is 2. The molecule has 1 unspecified atom stereocenters. The molecule has 0 saturated heterocycles. The van der Waals surface area contributed by atoms with E-state index in [1.807, 2.05) is 0 Å². The lowest BCUT2D eigenvalue weighted by atomic mass is 9.88. The van der Waals surface area contributed by atoms with Crippen LogP contribution in [-0.2, 0) is 24.4 Å². The van der Waals surface area contributed by atoms with E-state index in [1.165, 1.54) is 48.0 Å². The number of Topliss-reactive ketones (excluding diaryl/α,β-unsaturated/α-hetero) is 1. The van der Waals surface area contributed by atoms with E-state index in [9.17, 15) is 36.0 Å². The fourth-order valence-electron chi connectivity index (χ4n) is 3.81. The molecule has 0 radical (unpaired) electrons. The molecule has 8 nitrogen and oxygen atoms in total. The summed E-state index contributed by atoms with van der Waals surface area (Å²) < 4.78 is 71.3. The molecule has 2 amide bonds. The maximum atomic E-state index is 14.6. The maximum absolute atomic E-state index is 14.6. The molecule has 34 heavy (non-hydrogen) atoms. The zero-order valence-corrected chi connectivity index (χ0v) is 19.0. The van der Waals surface area contributed by atoms with Crippen molar-refractivity contribution in [1.29, 1.82) is 0 Å². The summed E-state index contributed by atoms with van der Waals surface area (Å²) in [6.07, 6.45) is -5.50. The predicted molar refractivity (Wildman–Crippen MR) is 117 cm³/mol. The van der Waals surface area contributed by atoms with Gasteiger partial charge in [0.25, 0.3) is 5.91 Å². The van der Waals surface area contributed by atoms with Crippen LogP contribution in [0.1, 0.15) is 20.8 Å². The second-order valence-electron chi connectivity index (χ2n) is 7.55. The molecular weight excluding hydrogens is 475 g/mol. The van der Waals surface area contributed by atoms with E-state index in [1.54, 1.807) is 6.07 Å². The third-order valence-electron chi connectivity index (χ3n) is 5.16. The Balaban J connectivity index is 2.17. The van der Waals surface area contributed by atoms with Gasteiger partial charge in [0.1, 0.15) is 0 Å². The van der Waals surface area contributed by atoms with E-state index in [-0.39, 0.29) is 17.1 Å². The van der Waals surface area contributed by atoms with Crippen LogP contribution in [0.25, 0.3) is 0 Å². The Morgan fingerprint density at radius 3 is 2.00 bits per heavy atom. The van der Waals surface area contributed by atoms with Gasteiger partial charge in [0, 0.05) is 24.0 Å². The highest BCUT2D eigenvalue weighted by Crippen LogP contribution is 2.47. The highest BCUT2D eigenvalue weighted by Gasteiger charge is 2.70. The molecule has 2 aromatic rings. The molecule has 3 rings (SSSR count). The zero-order chi connectivity index (χ0) is 25.5. The van der Waals surface area contributed by atoms with Crippen LogP contribution in [0.4, 0.5) is 24.5 Å². The van der Waals surface area contributed by atoms with Crippen molar-refractivity contribution in [3.8, 4) is 0 Å². The molecule has 2 N–H and O–H groups in total. The van der Waals surface area contributed by atoms with Gasteiger partial charge in [0.05, 0.1) is 10.5 Å². The van der Waals surface area contributed by atoms with Gasteiger partial charge < -0.3 is 5.32 Å². The molecule has 0 bridgehead atoms. The molecule has 1 aliphatic rings. The fourth-order valence-corrected chi connectivity index (χ4v) is 5.13. The molecule has 0 saturated carbocycles. The largest absolute Gasteiger partial charge is 0.421 e. The van der Waals surface area contributed by atoms with Crippen LogP contribution < -0.4 is 14.9 Å². The number of carbonyl (C=O) groups excluding carboxylic acids is 3. The number of carbonyl (C=O) groups is 3. The molecule has 1 aliphatic heterocycles. The maximum Gasteiger partial charge on any atom is 0.421 e. The summed E-state index contributed by atoms with van der Waals surface area (Å²) in [5.74, 6) is -3.23. The number of halogens is 3. The number of nitrogens with zero attached hydrogens (tertiary/aromatic N) is 1. The van der Waals surface area contributed by atoms with Gasteiger partial charge in [-0.25, -0.2) is 8.42 Å². The minimum Gasteiger partial charge on any atom is -0.326 e. The summed E-state index contributed by atoms with van der Waals surface area (Å²) in [6, 6.07) is 11.6. The summed E-state index contributed by atoms with van der Waals surface area (Å²) >= 11 is 0. The molecule has 180 valence electrons. The lowest BCUT2D eigenvalue weighted by molar-refractivity contribution is -0.183. The van der Waals surface area contributed by atoms with Crippen LogP contribution in [0.3, 0.4) is 0 Å². The molecule has 0 aromatic heterocycles. The van der Waals surface area contributed by atoms with Crippen molar-refractivity contribution in [2.24, 2.45) is 0 Å². The normalized spacial score (nSPS) is 18.9. The van der Waals surface area contributed by atoms with Crippen molar-refractivity contribution in [2.75, 3.05) is 10.2 Å². The lowest BCUT2D eigenvalue weighted by Crippen LogP contribution is -2.66. The number of hydrogen-bond donors (Lipinski definition) is 2. The number of ketones is 1. The van der Waals surface area contributed by atoms with E-state index < -0.39 is 49.8 Å². The monoisotopic (exact) mass is 495 g/mol. The van der Waals surface area contributed by atoms with E-state index in [4.69, 9.17) is 0 Å². The summed E-state index contributed by atoms with van der Waals surface area (Å²) in [7, 11) is -4.98. The van der Waals surface area contributed by atoms with Crippen LogP contribution >= 0.6 is 0 Å². The summed E-state index contributed by atoms with van der Waals surface area (Å²) in [6.45, 7) is 3.20. The van der Waals surface area contributed by atoms with Crippen LogP contribution in [-0.4, -0.2) is 37.7 Å². The first-order chi connectivity index (χ1) is 15.7. The molecular formula is C22H20F3N3O5S. The lowest BCUT2D eigenvalue weighted by Gasteiger charge is -2.33. The van der Waals surface area contributed by atoms with Gasteiger partial charge in [0.2, 0.25) is 21.5 Å². The number of anilines is 2. The first-order valence-electron chi connectivity index (χ1n) is 9.82. The number of amides is 2. The Labute approximate surface area is 193 Å². The van der Waals surface area contributed by atoms with Crippen molar-refractivity contribution < 1.29 is 36.0 Å². The van der Waals surface area contributed by atoms with Crippen molar-refractivity contribution >= 4 is 39.0 Å². The van der Waals surface area contributed by atoms with Crippen LogP contribution in [0.15, 0.2) is 70.8 Å². The third-order valence-corrected chi connectivity index (χ3v) is 6.63. The number of alkyl halides is 3. The highest BCUT2D eigenvalue weighted by molar-refractivity contribution is 7.89. The zero-order valence-electron chi connectivity index (χ0n) is 18.2. The standard InChI is InChI=1S/C22H20F3N3O5S/c1-13-19(14(2)29)21(22(23,24)25,20(31)28(13)17-7-5-4-6-8-17)27-34(32,33)18-11-9-16(10-12-18)26-15(3)30/h4-12,27H,1-3H3,(H,26,30). The number of sulfonamides is 1. The van der Waals surface area contributed by atoms with Gasteiger partial charge in [-0.15, -0.1) is 0 Å². The summed E-state index contributed by atoms with van der Waals surface area (Å²) in [4.78, 5) is 36.9. The first-order valence-corrected chi connectivity index (χ1v) is 11.3. The molecule has 2 aromatic carbocycles. The predicted octanol–water partition coefficient (Wildman–Crippen LogP) is 3.13. The number of rotatable bonds is 6. The fraction of sp³-hybridized carbons (Fsp3) is 0.227. The molecule has 1 atom stereocenters. The smallest absolute Gasteiger partial charge is 0.326 e. The average molecular weight is 495 g/mol. The Morgan fingerprint density at radius 1 is 0.971 bits per heavy atom. The van der Waals surface area contributed by atoms with Crippen LogP contribution in [0.2, 0.25) is 0 Å². The van der Waals surface area contributed by atoms with E-state index in [2.05, 4.69) is 5.32 Å². The number of para-hydroxylation sites is 1. The first kappa shape index (κ1) is 25.1. The minimum absolute atomic E-state index is 0.0359. The van der Waals surface area contributed by atoms with Gasteiger partial charge in [-0.1, -0.05) is 18.2 Å². The van der Waals surface area contributed by atoms with Crippen molar-refractivity contribution in [3.63, 3.8) is 0 Å². The van der Waals surface area contributed by atoms with E-state index >= 15 is 0 Å². The minimum atomic E-state index is -5.50. The highest BCUT2D eigenvalue weighted by atomic mass is 32.2. The molecule has 0 aliphatic carbocycles. The molecule has 0 fully saturated rings. The molecule has 1 heterocycles. The van der Waals surface area contributed by atoms with E-state index in [0.717, 1.165) is 26.0 Å². The number of allylic oxidation sites excluding steroid dienone is 1. The second-order valence-corrected chi connectivity index (χ2v) is 9.23. The van der Waals surface area contributed by atoms with Gasteiger partial charge in [-0.2, -0.15) is 17.9 Å². The van der Waals surface area contributed by atoms with Gasteiger partial charge >= 0.3 is 6.18 Å². The number of nitrogens with one attached hydrogen (secondary N) is 2. The van der Waals surface area contributed by atoms with Gasteiger partial charge in [-0.05, 0) is 50.2 Å². The SMILES string of the molecule is CC(=O)Nc1ccc(S(=O)(=O)NC2(C(F)(F)F)C(=O)N(c3ccccc3)C(C)=C2C(C)=O)cc1. The van der Waals surface area contributed by atoms with Gasteiger partial charge in [-0.3, -0.25) is 19.3 Å². The Hall–Kier alpha value is -3.51. The second kappa shape index (κ2) is 8.69. The Bertz CT molecular complexity index is 1290. The average Bonchev–Trinajstić information content (AvgIpc) is 2.95. The van der Waals surface area contributed by atoms with E-state index in [0.29, 0.717) is 4.90 Å².